The van der Waals surface area contributed by atoms with Crippen LogP contribution in [0.25, 0.3) is 10.9 Å². The second-order valence-corrected chi connectivity index (χ2v) is 4.97. The Morgan fingerprint density at radius 1 is 1.10 bits per heavy atom. The number of rotatable bonds is 3. The van der Waals surface area contributed by atoms with Crippen LogP contribution in [0.5, 0.6) is 5.75 Å². The highest BCUT2D eigenvalue weighted by atomic mass is 35.5. The van der Waals surface area contributed by atoms with Crippen molar-refractivity contribution in [3.8, 4) is 5.75 Å². The van der Waals surface area contributed by atoms with Gasteiger partial charge < -0.3 is 4.74 Å². The first kappa shape index (κ1) is 13.2. The summed E-state index contributed by atoms with van der Waals surface area (Å²) in [6, 6.07) is 9.62. The molecule has 0 bridgehead atoms. The number of benzene rings is 2. The van der Waals surface area contributed by atoms with Crippen molar-refractivity contribution >= 4 is 34.1 Å². The Morgan fingerprint density at radius 2 is 1.85 bits per heavy atom. The zero-order valence-electron chi connectivity index (χ0n) is 10.2. The number of aromatic amines is 1. The summed E-state index contributed by atoms with van der Waals surface area (Å²) in [5, 5.41) is 8.00. The van der Waals surface area contributed by atoms with E-state index in [-0.39, 0.29) is 5.82 Å². The summed E-state index contributed by atoms with van der Waals surface area (Å²) in [6.45, 7) is 0.293. The van der Waals surface area contributed by atoms with Gasteiger partial charge in [0.05, 0.1) is 15.9 Å². The first-order chi connectivity index (χ1) is 9.65. The number of nitrogens with one attached hydrogen (secondary N) is 1. The van der Waals surface area contributed by atoms with Gasteiger partial charge in [0.25, 0.3) is 0 Å². The van der Waals surface area contributed by atoms with Gasteiger partial charge in [0.1, 0.15) is 18.2 Å². The van der Waals surface area contributed by atoms with Gasteiger partial charge in [-0.2, -0.15) is 5.10 Å². The fourth-order valence-electron chi connectivity index (χ4n) is 1.87. The van der Waals surface area contributed by atoms with Crippen LogP contribution >= 0.6 is 23.2 Å². The number of hydrogen-bond acceptors (Lipinski definition) is 2. The SMILES string of the molecule is Fc1ccc(COc2ccc3[nH]nc(Cl)c3c2Cl)cc1. The summed E-state index contributed by atoms with van der Waals surface area (Å²) in [5.74, 6) is 0.227. The number of halogens is 3. The van der Waals surface area contributed by atoms with Gasteiger partial charge in [-0.25, -0.2) is 4.39 Å². The smallest absolute Gasteiger partial charge is 0.160 e. The molecule has 2 aromatic carbocycles. The Morgan fingerprint density at radius 3 is 2.60 bits per heavy atom. The molecule has 0 saturated heterocycles. The van der Waals surface area contributed by atoms with Crippen LogP contribution in [0, 0.1) is 5.82 Å². The molecule has 102 valence electrons. The standard InChI is InChI=1S/C14H9Cl2FN2O/c15-13-11(6-5-10-12(13)14(16)19-18-10)20-7-8-1-3-9(17)4-2-8/h1-6H,7H2,(H,18,19). The highest BCUT2D eigenvalue weighted by Gasteiger charge is 2.12. The van der Waals surface area contributed by atoms with Crippen molar-refractivity contribution in [2.24, 2.45) is 0 Å². The van der Waals surface area contributed by atoms with Crippen molar-refractivity contribution in [3.63, 3.8) is 0 Å². The van der Waals surface area contributed by atoms with Crippen LogP contribution in [0.3, 0.4) is 0 Å². The minimum atomic E-state index is -0.279. The van der Waals surface area contributed by atoms with Gasteiger partial charge in [-0.05, 0) is 29.8 Å². The molecule has 20 heavy (non-hydrogen) atoms. The van der Waals surface area contributed by atoms with E-state index in [9.17, 15) is 4.39 Å². The lowest BCUT2D eigenvalue weighted by Gasteiger charge is -2.08. The zero-order chi connectivity index (χ0) is 14.1. The summed E-state index contributed by atoms with van der Waals surface area (Å²) in [4.78, 5) is 0. The fourth-order valence-corrected chi connectivity index (χ4v) is 2.47. The molecule has 1 heterocycles. The van der Waals surface area contributed by atoms with Crippen LogP contribution in [0.2, 0.25) is 10.2 Å². The first-order valence-electron chi connectivity index (χ1n) is 5.84. The molecule has 0 radical (unpaired) electrons. The summed E-state index contributed by atoms with van der Waals surface area (Å²) in [5.41, 5.74) is 1.59. The van der Waals surface area contributed by atoms with Gasteiger partial charge in [-0.1, -0.05) is 35.3 Å². The molecular weight excluding hydrogens is 302 g/mol. The van der Waals surface area contributed by atoms with Gasteiger partial charge >= 0.3 is 0 Å². The van der Waals surface area contributed by atoms with Crippen molar-refractivity contribution < 1.29 is 9.13 Å². The largest absolute Gasteiger partial charge is 0.487 e. The topological polar surface area (TPSA) is 37.9 Å². The maximum Gasteiger partial charge on any atom is 0.160 e. The van der Waals surface area contributed by atoms with E-state index in [1.165, 1.54) is 12.1 Å². The zero-order valence-corrected chi connectivity index (χ0v) is 11.7. The molecule has 0 fully saturated rings. The third-order valence-electron chi connectivity index (χ3n) is 2.89. The van der Waals surface area contributed by atoms with Crippen LogP contribution in [-0.2, 0) is 6.61 Å². The Kier molecular flexibility index (Phi) is 3.51. The summed E-state index contributed by atoms with van der Waals surface area (Å²) >= 11 is 12.2. The van der Waals surface area contributed by atoms with Gasteiger partial charge in [0.15, 0.2) is 5.15 Å². The van der Waals surface area contributed by atoms with Crippen molar-refractivity contribution in [2.45, 2.75) is 6.61 Å². The number of ether oxygens (including phenoxy) is 1. The predicted molar refractivity (Wildman–Crippen MR) is 76.8 cm³/mol. The van der Waals surface area contributed by atoms with E-state index in [0.717, 1.165) is 11.1 Å². The van der Waals surface area contributed by atoms with Gasteiger partial charge in [-0.3, -0.25) is 5.10 Å². The monoisotopic (exact) mass is 310 g/mol. The molecule has 0 spiro atoms. The Bertz CT molecular complexity index is 756. The van der Waals surface area contributed by atoms with Crippen molar-refractivity contribution in [1.29, 1.82) is 0 Å². The molecule has 0 saturated carbocycles. The van der Waals surface area contributed by atoms with Crippen molar-refractivity contribution in [1.82, 2.24) is 10.2 Å². The number of hydrogen-bond donors (Lipinski definition) is 1. The van der Waals surface area contributed by atoms with E-state index in [2.05, 4.69) is 10.2 Å². The van der Waals surface area contributed by atoms with E-state index in [1.54, 1.807) is 24.3 Å². The van der Waals surface area contributed by atoms with E-state index < -0.39 is 0 Å². The van der Waals surface area contributed by atoms with Gasteiger partial charge in [0.2, 0.25) is 0 Å². The van der Waals surface area contributed by atoms with E-state index in [1.807, 2.05) is 0 Å². The fraction of sp³-hybridized carbons (Fsp3) is 0.0714. The third kappa shape index (κ3) is 2.44. The number of nitrogens with zero attached hydrogens (tertiary/aromatic N) is 1. The second-order valence-electron chi connectivity index (χ2n) is 4.23. The number of H-pyrrole nitrogens is 1. The lowest BCUT2D eigenvalue weighted by Crippen LogP contribution is -1.96. The Labute approximate surface area is 124 Å². The highest BCUT2D eigenvalue weighted by molar-refractivity contribution is 6.42. The lowest BCUT2D eigenvalue weighted by atomic mass is 10.2. The molecule has 0 atom stereocenters. The molecule has 0 unspecified atom stereocenters. The number of aromatic nitrogens is 2. The van der Waals surface area contributed by atoms with E-state index in [4.69, 9.17) is 27.9 Å². The Balaban J connectivity index is 1.85. The molecule has 0 amide bonds. The van der Waals surface area contributed by atoms with E-state index >= 15 is 0 Å². The molecule has 0 aliphatic carbocycles. The third-order valence-corrected chi connectivity index (χ3v) is 3.54. The Hall–Kier alpha value is -1.78. The molecule has 6 heteroatoms. The molecule has 1 aromatic heterocycles. The molecule has 0 aliphatic rings. The average Bonchev–Trinajstić information content (AvgIpc) is 2.82. The van der Waals surface area contributed by atoms with Crippen LogP contribution < -0.4 is 4.74 Å². The minimum absolute atomic E-state index is 0.279. The van der Waals surface area contributed by atoms with Crippen LogP contribution in [0.4, 0.5) is 4.39 Å². The maximum atomic E-state index is 12.8. The van der Waals surface area contributed by atoms with Gasteiger partial charge in [0, 0.05) is 0 Å². The van der Waals surface area contributed by atoms with Crippen molar-refractivity contribution in [2.75, 3.05) is 0 Å². The molecule has 0 aliphatic heterocycles. The van der Waals surface area contributed by atoms with Crippen LogP contribution in [0.15, 0.2) is 36.4 Å². The van der Waals surface area contributed by atoms with Gasteiger partial charge in [-0.15, -0.1) is 0 Å². The van der Waals surface area contributed by atoms with E-state index in [0.29, 0.717) is 27.9 Å². The molecule has 3 nitrogen and oxygen atoms in total. The summed E-state index contributed by atoms with van der Waals surface area (Å²) in [7, 11) is 0. The first-order valence-corrected chi connectivity index (χ1v) is 6.60. The molecule has 1 N–H and O–H groups in total. The normalized spacial score (nSPS) is 10.9. The average molecular weight is 311 g/mol. The van der Waals surface area contributed by atoms with Crippen LogP contribution in [0.1, 0.15) is 5.56 Å². The summed E-state index contributed by atoms with van der Waals surface area (Å²) < 4.78 is 18.5. The second kappa shape index (κ2) is 5.31. The predicted octanol–water partition coefficient (Wildman–Crippen LogP) is 4.59. The number of fused-ring (bicyclic) bond motifs is 1. The lowest BCUT2D eigenvalue weighted by molar-refractivity contribution is 0.306. The highest BCUT2D eigenvalue weighted by Crippen LogP contribution is 2.36. The quantitative estimate of drug-likeness (QED) is 0.768. The molecule has 3 aromatic rings. The minimum Gasteiger partial charge on any atom is -0.487 e. The maximum absolute atomic E-state index is 12.8. The molecular formula is C14H9Cl2FN2O. The summed E-state index contributed by atoms with van der Waals surface area (Å²) in [6.07, 6.45) is 0. The van der Waals surface area contributed by atoms with Crippen molar-refractivity contribution in [3.05, 3.63) is 58.0 Å². The molecule has 3 rings (SSSR count). The van der Waals surface area contributed by atoms with Crippen LogP contribution in [-0.4, -0.2) is 10.2 Å².